The molecule has 0 aliphatic carbocycles. The lowest BCUT2D eigenvalue weighted by atomic mass is 10.3. The molecule has 0 atom stereocenters. The van der Waals surface area contributed by atoms with Gasteiger partial charge in [0.05, 0.1) is 16.3 Å². The summed E-state index contributed by atoms with van der Waals surface area (Å²) in [4.78, 5) is 0.377. The van der Waals surface area contributed by atoms with E-state index in [9.17, 15) is 4.39 Å². The van der Waals surface area contributed by atoms with E-state index >= 15 is 0 Å². The molecule has 1 rings (SSSR count). The molecule has 72 valence electrons. The van der Waals surface area contributed by atoms with E-state index in [0.29, 0.717) is 10.6 Å². The Bertz CT molecular complexity index is 330. The highest BCUT2D eigenvalue weighted by atomic mass is 35.5. The molecule has 0 saturated heterocycles. The van der Waals surface area contributed by atoms with Crippen LogP contribution < -0.4 is 11.5 Å². The van der Waals surface area contributed by atoms with Gasteiger partial charge in [-0.3, -0.25) is 0 Å². The highest BCUT2D eigenvalue weighted by Gasteiger charge is 2.13. The largest absolute Gasteiger partial charge is 0.398 e. The summed E-state index contributed by atoms with van der Waals surface area (Å²) in [5, 5.41) is -0.0508. The third-order valence-corrected chi connectivity index (χ3v) is 2.88. The summed E-state index contributed by atoms with van der Waals surface area (Å²) in [6.07, 6.45) is 0. The van der Waals surface area contributed by atoms with Crippen molar-refractivity contribution in [3.63, 3.8) is 0 Å². The van der Waals surface area contributed by atoms with Gasteiger partial charge in [0.1, 0.15) is 5.02 Å². The number of halogens is 2. The first-order valence-electron chi connectivity index (χ1n) is 3.73. The number of rotatable bonds is 2. The number of hydrogen-bond acceptors (Lipinski definition) is 3. The summed E-state index contributed by atoms with van der Waals surface area (Å²) < 4.78 is 13.4. The molecule has 0 spiro atoms. The molecule has 0 bridgehead atoms. The Morgan fingerprint density at radius 3 is 2.62 bits per heavy atom. The fourth-order valence-electron chi connectivity index (χ4n) is 0.941. The summed E-state index contributed by atoms with van der Waals surface area (Å²) in [5.41, 5.74) is 11.5. The van der Waals surface area contributed by atoms with Crippen LogP contribution in [-0.2, 0) is 0 Å². The van der Waals surface area contributed by atoms with Crippen molar-refractivity contribution < 1.29 is 4.39 Å². The molecule has 0 unspecified atom stereocenters. The fraction of sp³-hybridized carbons (Fsp3) is 0.250. The number of thioether (sulfide) groups is 1. The first-order chi connectivity index (χ1) is 6.07. The van der Waals surface area contributed by atoms with Gasteiger partial charge < -0.3 is 11.5 Å². The molecule has 2 nitrogen and oxygen atoms in total. The molecule has 1 aromatic rings. The standard InChI is InChI=1S/C8H10ClFN2S/c1-2-13-8-5(12)3-4(11)6(9)7(8)10/h3H,2,11-12H2,1H3. The number of nitrogens with two attached hydrogens (primary N) is 2. The molecule has 0 heterocycles. The van der Waals surface area contributed by atoms with Gasteiger partial charge in [0.15, 0.2) is 5.82 Å². The quantitative estimate of drug-likeness (QED) is 0.595. The van der Waals surface area contributed by atoms with Gasteiger partial charge in [-0.2, -0.15) is 0 Å². The highest BCUT2D eigenvalue weighted by molar-refractivity contribution is 7.99. The summed E-state index contributed by atoms with van der Waals surface area (Å²) in [6, 6.07) is 1.48. The molecule has 5 heteroatoms. The van der Waals surface area contributed by atoms with Crippen LogP contribution in [0.25, 0.3) is 0 Å². The van der Waals surface area contributed by atoms with Crippen molar-refractivity contribution in [3.05, 3.63) is 16.9 Å². The summed E-state index contributed by atoms with van der Waals surface area (Å²) in [6.45, 7) is 1.91. The predicted octanol–water partition coefficient (Wildman–Crippen LogP) is 2.76. The maximum atomic E-state index is 13.4. The van der Waals surface area contributed by atoms with Gasteiger partial charge in [-0.25, -0.2) is 4.39 Å². The van der Waals surface area contributed by atoms with Crippen LogP contribution in [0.15, 0.2) is 11.0 Å². The average Bonchev–Trinajstić information content (AvgIpc) is 2.09. The van der Waals surface area contributed by atoms with Gasteiger partial charge in [0.2, 0.25) is 0 Å². The van der Waals surface area contributed by atoms with Crippen molar-refractivity contribution in [2.75, 3.05) is 17.2 Å². The maximum absolute atomic E-state index is 13.4. The molecule has 0 fully saturated rings. The Balaban J connectivity index is 3.26. The van der Waals surface area contributed by atoms with Crippen LogP contribution >= 0.6 is 23.4 Å². The Morgan fingerprint density at radius 1 is 1.46 bits per heavy atom. The molecule has 0 amide bonds. The summed E-state index contributed by atoms with van der Waals surface area (Å²) in [5.74, 6) is 0.215. The van der Waals surface area contributed by atoms with Crippen LogP contribution in [0, 0.1) is 5.82 Å². The molecule has 0 aliphatic rings. The summed E-state index contributed by atoms with van der Waals surface area (Å²) in [7, 11) is 0. The third-order valence-electron chi connectivity index (χ3n) is 1.51. The zero-order valence-corrected chi connectivity index (χ0v) is 8.68. The SMILES string of the molecule is CCSc1c(N)cc(N)c(Cl)c1F. The lowest BCUT2D eigenvalue weighted by molar-refractivity contribution is 0.604. The maximum Gasteiger partial charge on any atom is 0.159 e. The second kappa shape index (κ2) is 4.07. The highest BCUT2D eigenvalue weighted by Crippen LogP contribution is 2.35. The van der Waals surface area contributed by atoms with Crippen molar-refractivity contribution in [3.8, 4) is 0 Å². The Hall–Kier alpha value is -0.610. The molecule has 1 aromatic carbocycles. The van der Waals surface area contributed by atoms with Crippen LogP contribution in [0.3, 0.4) is 0 Å². The van der Waals surface area contributed by atoms with E-state index < -0.39 is 5.82 Å². The Kier molecular flexibility index (Phi) is 3.27. The van der Waals surface area contributed by atoms with Crippen molar-refractivity contribution >= 4 is 34.7 Å². The minimum absolute atomic E-state index is 0.0508. The van der Waals surface area contributed by atoms with Gasteiger partial charge in [0.25, 0.3) is 0 Å². The van der Waals surface area contributed by atoms with E-state index in [4.69, 9.17) is 23.1 Å². The zero-order chi connectivity index (χ0) is 10.0. The minimum atomic E-state index is -0.522. The number of nitrogen functional groups attached to an aromatic ring is 2. The van der Waals surface area contributed by atoms with E-state index in [1.54, 1.807) is 0 Å². The van der Waals surface area contributed by atoms with Crippen LogP contribution in [-0.4, -0.2) is 5.75 Å². The van der Waals surface area contributed by atoms with Crippen LogP contribution in [0.1, 0.15) is 6.92 Å². The second-order valence-corrected chi connectivity index (χ2v) is 4.10. The monoisotopic (exact) mass is 220 g/mol. The van der Waals surface area contributed by atoms with Crippen molar-refractivity contribution in [1.29, 1.82) is 0 Å². The van der Waals surface area contributed by atoms with Gasteiger partial charge in [-0.05, 0) is 11.8 Å². The third kappa shape index (κ3) is 2.00. The Morgan fingerprint density at radius 2 is 2.08 bits per heavy atom. The molecule has 13 heavy (non-hydrogen) atoms. The van der Waals surface area contributed by atoms with Crippen LogP contribution in [0.2, 0.25) is 5.02 Å². The number of anilines is 2. The van der Waals surface area contributed by atoms with Crippen molar-refractivity contribution in [2.24, 2.45) is 0 Å². The lowest BCUT2D eigenvalue weighted by Gasteiger charge is -2.08. The molecule has 4 N–H and O–H groups in total. The van der Waals surface area contributed by atoms with E-state index in [0.717, 1.165) is 5.75 Å². The normalized spacial score (nSPS) is 10.4. The van der Waals surface area contributed by atoms with E-state index in [1.807, 2.05) is 6.92 Å². The minimum Gasteiger partial charge on any atom is -0.398 e. The molecule has 0 aromatic heterocycles. The Labute approximate surface area is 85.4 Å². The van der Waals surface area contributed by atoms with E-state index in [2.05, 4.69) is 0 Å². The molecule has 0 radical (unpaired) electrons. The van der Waals surface area contributed by atoms with Crippen LogP contribution in [0.4, 0.5) is 15.8 Å². The fourth-order valence-corrected chi connectivity index (χ4v) is 1.89. The van der Waals surface area contributed by atoms with E-state index in [1.165, 1.54) is 17.8 Å². The topological polar surface area (TPSA) is 52.0 Å². The number of hydrogen-bond donors (Lipinski definition) is 2. The zero-order valence-electron chi connectivity index (χ0n) is 7.10. The van der Waals surface area contributed by atoms with Gasteiger partial charge in [0, 0.05) is 0 Å². The first kappa shape index (κ1) is 10.5. The summed E-state index contributed by atoms with van der Waals surface area (Å²) >= 11 is 6.93. The lowest BCUT2D eigenvalue weighted by Crippen LogP contribution is -1.98. The molecular weight excluding hydrogens is 211 g/mol. The predicted molar refractivity (Wildman–Crippen MR) is 56.6 cm³/mol. The first-order valence-corrected chi connectivity index (χ1v) is 5.10. The van der Waals surface area contributed by atoms with Gasteiger partial charge in [-0.1, -0.05) is 18.5 Å². The van der Waals surface area contributed by atoms with Gasteiger partial charge >= 0.3 is 0 Å². The second-order valence-electron chi connectivity index (χ2n) is 2.45. The van der Waals surface area contributed by atoms with Crippen LogP contribution in [0.5, 0.6) is 0 Å². The van der Waals surface area contributed by atoms with Crippen molar-refractivity contribution in [1.82, 2.24) is 0 Å². The average molecular weight is 221 g/mol. The molecular formula is C8H10ClFN2S. The molecule has 0 aliphatic heterocycles. The number of benzene rings is 1. The van der Waals surface area contributed by atoms with E-state index in [-0.39, 0.29) is 10.7 Å². The molecule has 0 saturated carbocycles. The smallest absolute Gasteiger partial charge is 0.159 e. The van der Waals surface area contributed by atoms with Crippen molar-refractivity contribution in [2.45, 2.75) is 11.8 Å². The van der Waals surface area contributed by atoms with Gasteiger partial charge in [-0.15, -0.1) is 11.8 Å².